The van der Waals surface area contributed by atoms with E-state index < -0.39 is 13.6 Å². The molecule has 30 heavy (non-hydrogen) atoms. The summed E-state index contributed by atoms with van der Waals surface area (Å²) in [6.45, 7) is 7.22. The Hall–Kier alpha value is -2.51. The molecule has 1 atom stereocenters. The van der Waals surface area contributed by atoms with Gasteiger partial charge in [-0.2, -0.15) is 5.26 Å². The summed E-state index contributed by atoms with van der Waals surface area (Å²) in [6.07, 6.45) is 1.47. The summed E-state index contributed by atoms with van der Waals surface area (Å²) >= 11 is 0. The third-order valence-corrected chi connectivity index (χ3v) is 5.90. The highest BCUT2D eigenvalue weighted by molar-refractivity contribution is 7.57. The van der Waals surface area contributed by atoms with Crippen LogP contribution in [0.3, 0.4) is 0 Å². The fourth-order valence-electron chi connectivity index (χ4n) is 2.80. The Morgan fingerprint density at radius 3 is 1.83 bits per heavy atom. The highest BCUT2D eigenvalue weighted by Crippen LogP contribution is 2.52. The van der Waals surface area contributed by atoms with Crippen molar-refractivity contribution in [3.63, 3.8) is 0 Å². The standard InChI is InChI=1S/C24H29N2O3P/c1-19(2)28-30(27,29-20(3)4)17-11-16-23(18-25)26-24(21-12-7-5-8-13-21)22-14-9-6-10-15-22/h5-15,17,19-20,23H,16H2,1-4H3/b17-11-. The molecule has 5 nitrogen and oxygen atoms in total. The zero-order valence-electron chi connectivity index (χ0n) is 17.9. The third-order valence-electron chi connectivity index (χ3n) is 3.89. The first-order valence-electron chi connectivity index (χ1n) is 10.1. The number of benzene rings is 2. The summed E-state index contributed by atoms with van der Waals surface area (Å²) < 4.78 is 23.9. The Morgan fingerprint density at radius 1 is 0.967 bits per heavy atom. The van der Waals surface area contributed by atoms with Gasteiger partial charge in [-0.05, 0) is 27.7 Å². The largest absolute Gasteiger partial charge is 0.354 e. The first-order chi connectivity index (χ1) is 14.3. The van der Waals surface area contributed by atoms with Gasteiger partial charge in [-0.25, -0.2) is 0 Å². The molecule has 0 aliphatic carbocycles. The minimum absolute atomic E-state index is 0.244. The molecule has 0 fully saturated rings. The van der Waals surface area contributed by atoms with E-state index in [-0.39, 0.29) is 12.2 Å². The molecule has 0 aliphatic heterocycles. The predicted molar refractivity (Wildman–Crippen MR) is 122 cm³/mol. The zero-order valence-corrected chi connectivity index (χ0v) is 18.8. The van der Waals surface area contributed by atoms with Crippen LogP contribution in [-0.2, 0) is 13.6 Å². The number of nitriles is 1. The van der Waals surface area contributed by atoms with Crippen molar-refractivity contribution in [1.29, 1.82) is 5.26 Å². The normalized spacial score (nSPS) is 12.8. The zero-order chi connectivity index (χ0) is 22.0. The summed E-state index contributed by atoms with van der Waals surface area (Å²) in [5.74, 6) is 1.44. The lowest BCUT2D eigenvalue weighted by atomic mass is 10.0. The number of aliphatic imine (C=N–C) groups is 1. The average Bonchev–Trinajstić information content (AvgIpc) is 2.70. The Bertz CT molecular complexity index is 876. The first-order valence-corrected chi connectivity index (χ1v) is 11.7. The van der Waals surface area contributed by atoms with Crippen LogP contribution in [0.4, 0.5) is 0 Å². The van der Waals surface area contributed by atoms with Crippen LogP contribution >= 0.6 is 7.60 Å². The molecule has 2 aromatic carbocycles. The lowest BCUT2D eigenvalue weighted by Crippen LogP contribution is -2.10. The molecule has 0 spiro atoms. The van der Waals surface area contributed by atoms with Crippen LogP contribution in [-0.4, -0.2) is 24.0 Å². The number of nitrogens with zero attached hydrogens (tertiary/aromatic N) is 2. The molecule has 0 heterocycles. The van der Waals surface area contributed by atoms with E-state index in [0.29, 0.717) is 6.42 Å². The van der Waals surface area contributed by atoms with E-state index >= 15 is 0 Å². The third kappa shape index (κ3) is 7.72. The molecule has 2 aromatic rings. The lowest BCUT2D eigenvalue weighted by molar-refractivity contribution is 0.149. The molecule has 2 rings (SSSR count). The maximum absolute atomic E-state index is 12.9. The molecule has 0 bridgehead atoms. The first kappa shape index (κ1) is 23.8. The monoisotopic (exact) mass is 424 g/mol. The Morgan fingerprint density at radius 2 is 1.43 bits per heavy atom. The maximum atomic E-state index is 12.9. The highest BCUT2D eigenvalue weighted by Gasteiger charge is 2.24. The average molecular weight is 424 g/mol. The van der Waals surface area contributed by atoms with E-state index in [1.54, 1.807) is 33.8 Å². The van der Waals surface area contributed by atoms with Gasteiger partial charge in [-0.3, -0.25) is 9.56 Å². The maximum Gasteiger partial charge on any atom is 0.354 e. The molecule has 0 amide bonds. The Labute approximate surface area is 179 Å². The SMILES string of the molecule is CC(C)OP(=O)(/C=C\CC(C#N)N=C(c1ccccc1)c1ccccc1)OC(C)C. The van der Waals surface area contributed by atoms with Gasteiger partial charge >= 0.3 is 7.60 Å². The van der Waals surface area contributed by atoms with E-state index in [2.05, 4.69) is 6.07 Å². The van der Waals surface area contributed by atoms with Crippen LogP contribution in [0.1, 0.15) is 45.2 Å². The van der Waals surface area contributed by atoms with Gasteiger partial charge < -0.3 is 9.05 Å². The molecule has 1 unspecified atom stereocenters. The van der Waals surface area contributed by atoms with E-state index in [1.165, 1.54) is 5.82 Å². The quantitative estimate of drug-likeness (QED) is 0.328. The lowest BCUT2D eigenvalue weighted by Gasteiger charge is -2.19. The van der Waals surface area contributed by atoms with Crippen molar-refractivity contribution in [3.8, 4) is 6.07 Å². The molecule has 0 aromatic heterocycles. The molecule has 0 saturated heterocycles. The van der Waals surface area contributed by atoms with E-state index in [4.69, 9.17) is 14.0 Å². The van der Waals surface area contributed by atoms with Crippen molar-refractivity contribution in [3.05, 3.63) is 83.7 Å². The summed E-state index contributed by atoms with van der Waals surface area (Å²) in [4.78, 5) is 4.71. The van der Waals surface area contributed by atoms with Crippen LogP contribution in [0.25, 0.3) is 0 Å². The van der Waals surface area contributed by atoms with E-state index in [1.807, 2.05) is 60.7 Å². The van der Waals surface area contributed by atoms with Crippen LogP contribution < -0.4 is 0 Å². The van der Waals surface area contributed by atoms with Crippen molar-refractivity contribution < 1.29 is 13.6 Å². The van der Waals surface area contributed by atoms with Gasteiger partial charge in [-0.15, -0.1) is 0 Å². The van der Waals surface area contributed by atoms with Gasteiger partial charge in [0.25, 0.3) is 0 Å². The Balaban J connectivity index is 2.28. The van der Waals surface area contributed by atoms with Crippen molar-refractivity contribution in [2.75, 3.05) is 0 Å². The molecular formula is C24H29N2O3P. The molecule has 0 aliphatic rings. The Kier molecular flexibility index (Phi) is 9.20. The summed E-state index contributed by atoms with van der Waals surface area (Å²) in [7, 11) is -3.39. The van der Waals surface area contributed by atoms with Crippen LogP contribution in [0, 0.1) is 11.3 Å². The van der Waals surface area contributed by atoms with Crippen LogP contribution in [0.5, 0.6) is 0 Å². The second-order valence-corrected chi connectivity index (χ2v) is 9.12. The summed E-state index contributed by atoms with van der Waals surface area (Å²) in [5, 5.41) is 9.67. The van der Waals surface area contributed by atoms with Crippen molar-refractivity contribution in [1.82, 2.24) is 0 Å². The highest BCUT2D eigenvalue weighted by atomic mass is 31.2. The minimum atomic E-state index is -3.39. The second kappa shape index (κ2) is 11.6. The van der Waals surface area contributed by atoms with E-state index in [0.717, 1.165) is 16.8 Å². The van der Waals surface area contributed by atoms with Crippen molar-refractivity contribution in [2.24, 2.45) is 4.99 Å². The van der Waals surface area contributed by atoms with Gasteiger partial charge in [0.15, 0.2) is 0 Å². The van der Waals surface area contributed by atoms with Gasteiger partial charge in [-0.1, -0.05) is 66.7 Å². The topological polar surface area (TPSA) is 71.7 Å². The molecule has 0 N–H and O–H groups in total. The predicted octanol–water partition coefficient (Wildman–Crippen LogP) is 6.36. The molecule has 0 saturated carbocycles. The van der Waals surface area contributed by atoms with Crippen molar-refractivity contribution in [2.45, 2.75) is 52.4 Å². The van der Waals surface area contributed by atoms with Gasteiger partial charge in [0.2, 0.25) is 0 Å². The van der Waals surface area contributed by atoms with E-state index in [9.17, 15) is 9.83 Å². The molecule has 6 heteroatoms. The second-order valence-electron chi connectivity index (χ2n) is 7.32. The van der Waals surface area contributed by atoms with Crippen LogP contribution in [0.15, 0.2) is 77.5 Å². The fraction of sp³-hybridized carbons (Fsp3) is 0.333. The molecule has 158 valence electrons. The van der Waals surface area contributed by atoms with Gasteiger partial charge in [0.05, 0.1) is 24.0 Å². The number of rotatable bonds is 10. The smallest absolute Gasteiger partial charge is 0.303 e. The number of hydrogen-bond donors (Lipinski definition) is 0. The minimum Gasteiger partial charge on any atom is -0.303 e. The van der Waals surface area contributed by atoms with Crippen LogP contribution in [0.2, 0.25) is 0 Å². The van der Waals surface area contributed by atoms with Gasteiger partial charge in [0.1, 0.15) is 6.04 Å². The fourth-order valence-corrected chi connectivity index (χ4v) is 4.55. The summed E-state index contributed by atoms with van der Waals surface area (Å²) in [5.41, 5.74) is 2.62. The van der Waals surface area contributed by atoms with Crippen molar-refractivity contribution >= 4 is 13.3 Å². The van der Waals surface area contributed by atoms with Gasteiger partial charge in [0, 0.05) is 23.4 Å². The molecular weight excluding hydrogens is 395 g/mol. The number of hydrogen-bond acceptors (Lipinski definition) is 5. The molecule has 0 radical (unpaired) electrons. The summed E-state index contributed by atoms with van der Waals surface area (Å²) in [6, 6.07) is 21.1.